The first-order valence-electron chi connectivity index (χ1n) is 4.99. The van der Waals surface area contributed by atoms with Crippen LogP contribution in [0.15, 0.2) is 0 Å². The van der Waals surface area contributed by atoms with E-state index >= 15 is 0 Å². The van der Waals surface area contributed by atoms with Crippen LogP contribution in [0, 0.1) is 11.3 Å². The highest BCUT2D eigenvalue weighted by Crippen LogP contribution is 2.04. The zero-order valence-electron chi connectivity index (χ0n) is 9.63. The Labute approximate surface area is 101 Å². The van der Waals surface area contributed by atoms with E-state index in [1.807, 2.05) is 6.07 Å². The second-order valence-electron chi connectivity index (χ2n) is 3.26. The summed E-state index contributed by atoms with van der Waals surface area (Å²) in [5.41, 5.74) is 0. The summed E-state index contributed by atoms with van der Waals surface area (Å²) in [6.45, 7) is 0.389. The minimum Gasteiger partial charge on any atom is -0.481 e. The average molecular weight is 264 g/mol. The molecular formula is C9H16N2O5S. The summed E-state index contributed by atoms with van der Waals surface area (Å²) in [5, 5.41) is 16.9. The van der Waals surface area contributed by atoms with Crippen LogP contribution in [0.3, 0.4) is 0 Å². The number of sulfonamides is 1. The summed E-state index contributed by atoms with van der Waals surface area (Å²) in [4.78, 5) is 10.3. The van der Waals surface area contributed by atoms with Crippen molar-refractivity contribution in [1.82, 2.24) is 4.31 Å². The van der Waals surface area contributed by atoms with Crippen molar-refractivity contribution in [3.05, 3.63) is 0 Å². The fourth-order valence-corrected chi connectivity index (χ4v) is 2.52. The Hall–Kier alpha value is -1.17. The first-order valence-corrected chi connectivity index (χ1v) is 6.60. The molecule has 98 valence electrons. The van der Waals surface area contributed by atoms with Gasteiger partial charge in [0.1, 0.15) is 0 Å². The number of hydrogen-bond donors (Lipinski definition) is 1. The molecule has 17 heavy (non-hydrogen) atoms. The molecule has 0 aromatic heterocycles. The first kappa shape index (κ1) is 15.8. The lowest BCUT2D eigenvalue weighted by Gasteiger charge is -2.20. The van der Waals surface area contributed by atoms with Crippen molar-refractivity contribution in [1.29, 1.82) is 5.26 Å². The highest BCUT2D eigenvalue weighted by Gasteiger charge is 2.22. The van der Waals surface area contributed by atoms with Crippen molar-refractivity contribution in [2.45, 2.75) is 12.8 Å². The molecule has 0 saturated carbocycles. The SMILES string of the molecule is COCCN(CCC#N)S(=O)(=O)CCC(=O)O. The topological polar surface area (TPSA) is 108 Å². The van der Waals surface area contributed by atoms with Gasteiger partial charge in [0.2, 0.25) is 10.0 Å². The standard InChI is InChI=1S/C9H16N2O5S/c1-16-7-6-11(5-2-4-10)17(14,15)8-3-9(12)13/h2-3,5-8H2,1H3,(H,12,13). The van der Waals surface area contributed by atoms with Gasteiger partial charge in [-0.15, -0.1) is 0 Å². The van der Waals surface area contributed by atoms with Crippen LogP contribution in [-0.4, -0.2) is 56.4 Å². The number of rotatable bonds is 9. The van der Waals surface area contributed by atoms with Gasteiger partial charge in [0.15, 0.2) is 0 Å². The molecule has 0 unspecified atom stereocenters. The van der Waals surface area contributed by atoms with Crippen LogP contribution in [0.1, 0.15) is 12.8 Å². The first-order chi connectivity index (χ1) is 7.94. The number of nitriles is 1. The van der Waals surface area contributed by atoms with Crippen LogP contribution in [0.25, 0.3) is 0 Å². The lowest BCUT2D eigenvalue weighted by Crippen LogP contribution is -2.36. The Kier molecular flexibility index (Phi) is 7.45. The van der Waals surface area contributed by atoms with Gasteiger partial charge in [-0.05, 0) is 0 Å². The molecule has 0 spiro atoms. The van der Waals surface area contributed by atoms with Crippen molar-refractivity contribution in [3.8, 4) is 6.07 Å². The second-order valence-corrected chi connectivity index (χ2v) is 5.35. The van der Waals surface area contributed by atoms with Gasteiger partial charge in [0.25, 0.3) is 0 Å². The van der Waals surface area contributed by atoms with Crippen LogP contribution in [0.2, 0.25) is 0 Å². The Morgan fingerprint density at radius 2 is 2.12 bits per heavy atom. The molecular weight excluding hydrogens is 248 g/mol. The molecule has 0 amide bonds. The molecule has 0 aliphatic heterocycles. The number of carboxylic acid groups (broad SMARTS) is 1. The van der Waals surface area contributed by atoms with Crippen LogP contribution in [0.4, 0.5) is 0 Å². The Morgan fingerprint density at radius 3 is 2.59 bits per heavy atom. The maximum Gasteiger partial charge on any atom is 0.304 e. The predicted molar refractivity (Wildman–Crippen MR) is 59.7 cm³/mol. The lowest BCUT2D eigenvalue weighted by atomic mass is 10.4. The molecule has 0 atom stereocenters. The normalized spacial score (nSPS) is 11.4. The Balaban J connectivity index is 4.52. The van der Waals surface area contributed by atoms with Gasteiger partial charge in [-0.3, -0.25) is 4.79 Å². The highest BCUT2D eigenvalue weighted by molar-refractivity contribution is 7.89. The minimum absolute atomic E-state index is 0.0574. The van der Waals surface area contributed by atoms with Gasteiger partial charge in [0, 0.05) is 26.6 Å². The summed E-state index contributed by atoms with van der Waals surface area (Å²) in [7, 11) is -2.20. The monoisotopic (exact) mass is 264 g/mol. The van der Waals surface area contributed by atoms with Crippen LogP contribution >= 0.6 is 0 Å². The predicted octanol–water partition coefficient (Wildman–Crippen LogP) is -0.347. The van der Waals surface area contributed by atoms with Gasteiger partial charge >= 0.3 is 5.97 Å². The van der Waals surface area contributed by atoms with Gasteiger partial charge in [0.05, 0.1) is 24.8 Å². The molecule has 0 radical (unpaired) electrons. The molecule has 0 rings (SSSR count). The third kappa shape index (κ3) is 6.88. The number of nitrogens with zero attached hydrogens (tertiary/aromatic N) is 2. The Bertz CT molecular complexity index is 373. The molecule has 0 aliphatic carbocycles. The third-order valence-corrected chi connectivity index (χ3v) is 3.86. The maximum atomic E-state index is 11.7. The largest absolute Gasteiger partial charge is 0.481 e. The lowest BCUT2D eigenvalue weighted by molar-refractivity contribution is -0.136. The van der Waals surface area contributed by atoms with E-state index in [2.05, 4.69) is 0 Å². The summed E-state index contributed by atoms with van der Waals surface area (Å²) >= 11 is 0. The summed E-state index contributed by atoms with van der Waals surface area (Å²) in [6, 6.07) is 1.85. The van der Waals surface area contributed by atoms with Crippen LogP contribution in [0.5, 0.6) is 0 Å². The zero-order valence-corrected chi connectivity index (χ0v) is 10.4. The number of aliphatic carboxylic acids is 1. The maximum absolute atomic E-state index is 11.7. The zero-order chi connectivity index (χ0) is 13.3. The average Bonchev–Trinajstić information content (AvgIpc) is 2.26. The van der Waals surface area contributed by atoms with Gasteiger partial charge in [-0.25, -0.2) is 8.42 Å². The molecule has 0 aromatic carbocycles. The number of carbonyl (C=O) groups is 1. The fraction of sp³-hybridized carbons (Fsp3) is 0.778. The summed E-state index contributed by atoms with van der Waals surface area (Å²) in [6.07, 6.45) is -0.381. The van der Waals surface area contributed by atoms with Gasteiger partial charge in [-0.1, -0.05) is 0 Å². The van der Waals surface area contributed by atoms with Crippen molar-refractivity contribution >= 4 is 16.0 Å². The summed E-state index contributed by atoms with van der Waals surface area (Å²) in [5.74, 6) is -1.63. The molecule has 1 N–H and O–H groups in total. The summed E-state index contributed by atoms with van der Waals surface area (Å²) < 4.78 is 29.3. The molecule has 0 aliphatic rings. The van der Waals surface area contributed by atoms with E-state index in [1.54, 1.807) is 0 Å². The molecule has 8 heteroatoms. The van der Waals surface area contributed by atoms with E-state index in [9.17, 15) is 13.2 Å². The molecule has 0 bridgehead atoms. The van der Waals surface area contributed by atoms with E-state index in [0.29, 0.717) is 0 Å². The van der Waals surface area contributed by atoms with Crippen molar-refractivity contribution in [2.75, 3.05) is 32.6 Å². The van der Waals surface area contributed by atoms with E-state index in [4.69, 9.17) is 15.1 Å². The molecule has 0 saturated heterocycles. The van der Waals surface area contributed by atoms with Crippen molar-refractivity contribution < 1.29 is 23.1 Å². The smallest absolute Gasteiger partial charge is 0.304 e. The van der Waals surface area contributed by atoms with Crippen LogP contribution < -0.4 is 0 Å². The highest BCUT2D eigenvalue weighted by atomic mass is 32.2. The second kappa shape index (κ2) is 8.00. The van der Waals surface area contributed by atoms with E-state index in [-0.39, 0.29) is 26.1 Å². The Morgan fingerprint density at radius 1 is 1.47 bits per heavy atom. The van der Waals surface area contributed by atoms with Gasteiger partial charge in [-0.2, -0.15) is 9.57 Å². The molecule has 0 aromatic rings. The molecule has 0 fully saturated rings. The van der Waals surface area contributed by atoms with E-state index < -0.39 is 28.2 Å². The van der Waals surface area contributed by atoms with E-state index in [1.165, 1.54) is 7.11 Å². The number of hydrogen-bond acceptors (Lipinski definition) is 5. The number of methoxy groups -OCH3 is 1. The van der Waals surface area contributed by atoms with Gasteiger partial charge < -0.3 is 9.84 Å². The fourth-order valence-electron chi connectivity index (χ4n) is 1.10. The number of ether oxygens (including phenoxy) is 1. The quantitative estimate of drug-likeness (QED) is 0.610. The van der Waals surface area contributed by atoms with Crippen molar-refractivity contribution in [3.63, 3.8) is 0 Å². The molecule has 0 heterocycles. The van der Waals surface area contributed by atoms with Crippen LogP contribution in [-0.2, 0) is 19.6 Å². The number of carboxylic acids is 1. The van der Waals surface area contributed by atoms with Crippen molar-refractivity contribution in [2.24, 2.45) is 0 Å². The minimum atomic E-state index is -3.64. The third-order valence-electron chi connectivity index (χ3n) is 1.99. The molecule has 7 nitrogen and oxygen atoms in total. The van der Waals surface area contributed by atoms with E-state index in [0.717, 1.165) is 4.31 Å².